The van der Waals surface area contributed by atoms with E-state index in [1.807, 2.05) is 12.1 Å². The number of hydrogen-bond acceptors (Lipinski definition) is 3. The van der Waals surface area contributed by atoms with Crippen molar-refractivity contribution in [1.29, 1.82) is 0 Å². The van der Waals surface area contributed by atoms with E-state index in [1.54, 1.807) is 0 Å². The number of ether oxygens (including phenoxy) is 2. The minimum absolute atomic E-state index is 0.0628. The van der Waals surface area contributed by atoms with Crippen LogP contribution in [0.3, 0.4) is 0 Å². The Morgan fingerprint density at radius 2 is 1.50 bits per heavy atom. The van der Waals surface area contributed by atoms with E-state index in [1.165, 1.54) is 50.5 Å². The quantitative estimate of drug-likeness (QED) is 0.518. The number of aliphatic hydroxyl groups excluding tert-OH is 1. The molecule has 3 nitrogen and oxygen atoms in total. The number of hydrogen-bond donors (Lipinski definition) is 1. The van der Waals surface area contributed by atoms with Gasteiger partial charge in [0, 0.05) is 0 Å². The van der Waals surface area contributed by atoms with Gasteiger partial charge in [0.2, 0.25) is 0 Å². The van der Waals surface area contributed by atoms with Crippen LogP contribution in [0.25, 0.3) is 0 Å². The van der Waals surface area contributed by atoms with Crippen molar-refractivity contribution in [2.75, 3.05) is 26.4 Å². The molecule has 0 atom stereocenters. The molecule has 0 aliphatic carbocycles. The molecule has 0 aromatic heterocycles. The highest BCUT2D eigenvalue weighted by Gasteiger charge is 1.97. The Kier molecular flexibility index (Phi) is 11.7. The van der Waals surface area contributed by atoms with Crippen LogP contribution in [0.5, 0.6) is 5.75 Å². The zero-order valence-corrected chi connectivity index (χ0v) is 14.1. The van der Waals surface area contributed by atoms with Crippen LogP contribution in [0.1, 0.15) is 57.4 Å². The van der Waals surface area contributed by atoms with Crippen molar-refractivity contribution in [1.82, 2.24) is 0 Å². The third kappa shape index (κ3) is 9.80. The second-order valence-corrected chi connectivity index (χ2v) is 5.70. The molecule has 1 rings (SSSR count). The van der Waals surface area contributed by atoms with Gasteiger partial charge in [0.1, 0.15) is 12.4 Å². The lowest BCUT2D eigenvalue weighted by molar-refractivity contribution is 0.0705. The van der Waals surface area contributed by atoms with E-state index >= 15 is 0 Å². The lowest BCUT2D eigenvalue weighted by Crippen LogP contribution is -2.09. The van der Waals surface area contributed by atoms with Gasteiger partial charge in [-0.15, -0.1) is 0 Å². The summed E-state index contributed by atoms with van der Waals surface area (Å²) < 4.78 is 10.7. The largest absolute Gasteiger partial charge is 0.491 e. The molecule has 0 bridgehead atoms. The van der Waals surface area contributed by atoms with Crippen LogP contribution in [-0.2, 0) is 11.2 Å². The van der Waals surface area contributed by atoms with Gasteiger partial charge in [-0.25, -0.2) is 0 Å². The standard InChI is InChI=1S/C19H32O3/c1-2-3-4-5-6-7-8-9-18-10-12-19(13-11-18)22-17-16-21-15-14-20/h10-13,20H,2-9,14-17H2,1H3/i10+1,11+1,12+1,13+1,18+1,19+1. The van der Waals surface area contributed by atoms with Gasteiger partial charge in [0.15, 0.2) is 0 Å². The maximum absolute atomic E-state index is 8.59. The van der Waals surface area contributed by atoms with Crippen LogP contribution in [0.2, 0.25) is 0 Å². The summed E-state index contributed by atoms with van der Waals surface area (Å²) in [7, 11) is 0. The summed E-state index contributed by atoms with van der Waals surface area (Å²) in [5, 5.41) is 8.59. The van der Waals surface area contributed by atoms with Crippen LogP contribution in [-0.4, -0.2) is 31.5 Å². The Hall–Kier alpha value is -1.06. The molecule has 0 aliphatic heterocycles. The lowest BCUT2D eigenvalue weighted by atomic mass is 10.1. The first-order valence-electron chi connectivity index (χ1n) is 8.77. The summed E-state index contributed by atoms with van der Waals surface area (Å²) in [4.78, 5) is 0. The van der Waals surface area contributed by atoms with Gasteiger partial charge in [0.25, 0.3) is 0 Å². The maximum Gasteiger partial charge on any atom is 0.119 e. The number of benzene rings is 1. The fraction of sp³-hybridized carbons (Fsp3) is 0.684. The van der Waals surface area contributed by atoms with Crippen molar-refractivity contribution in [2.45, 2.75) is 58.3 Å². The number of aliphatic hydroxyl groups is 1. The van der Waals surface area contributed by atoms with Crippen molar-refractivity contribution >= 4 is 0 Å². The molecule has 0 aliphatic rings. The maximum atomic E-state index is 8.59. The van der Waals surface area contributed by atoms with Gasteiger partial charge < -0.3 is 14.6 Å². The molecule has 0 heterocycles. The molecule has 0 fully saturated rings. The summed E-state index contributed by atoms with van der Waals surface area (Å²) in [6, 6.07) is 8.37. The SMILES string of the molecule is CCCCCCCCC[13c]1[13cH][13cH][13c](OCCOCCO)[13cH][13cH]1. The fourth-order valence-electron chi connectivity index (χ4n) is 2.42. The molecule has 3 heteroatoms. The molecule has 126 valence electrons. The van der Waals surface area contributed by atoms with Crippen molar-refractivity contribution in [3.8, 4) is 5.75 Å². The zero-order chi connectivity index (χ0) is 15.9. The Labute approximate surface area is 135 Å². The number of unbranched alkanes of at least 4 members (excludes halogenated alkanes) is 6. The minimum atomic E-state index is 0.0628. The van der Waals surface area contributed by atoms with Gasteiger partial charge in [0.05, 0.1) is 19.8 Å². The molecule has 0 saturated carbocycles. The first-order valence-corrected chi connectivity index (χ1v) is 8.77. The van der Waals surface area contributed by atoms with Crippen molar-refractivity contribution < 1.29 is 14.6 Å². The summed E-state index contributed by atoms with van der Waals surface area (Å²) in [6.07, 6.45) is 10.6. The fourth-order valence-corrected chi connectivity index (χ4v) is 2.42. The van der Waals surface area contributed by atoms with Crippen LogP contribution in [0.4, 0.5) is 0 Å². The molecule has 1 N–H and O–H groups in total. The predicted octanol–water partition coefficient (Wildman–Crippen LogP) is 4.37. The van der Waals surface area contributed by atoms with Crippen LogP contribution in [0, 0.1) is 0 Å². The van der Waals surface area contributed by atoms with E-state index in [2.05, 4.69) is 19.1 Å². The second kappa shape index (κ2) is 13.6. The van der Waals surface area contributed by atoms with Gasteiger partial charge >= 0.3 is 0 Å². The third-order valence-corrected chi connectivity index (χ3v) is 3.72. The Bertz CT molecular complexity index is 348. The third-order valence-electron chi connectivity index (χ3n) is 3.72. The summed E-state index contributed by atoms with van der Waals surface area (Å²) in [6.45, 7) is 3.74. The molecular weight excluding hydrogens is 282 g/mol. The molecule has 1 aromatic carbocycles. The first kappa shape index (κ1) is 19.0. The van der Waals surface area contributed by atoms with E-state index in [4.69, 9.17) is 14.6 Å². The van der Waals surface area contributed by atoms with E-state index < -0.39 is 0 Å². The second-order valence-electron chi connectivity index (χ2n) is 5.70. The van der Waals surface area contributed by atoms with E-state index in [-0.39, 0.29) is 6.61 Å². The highest BCUT2D eigenvalue weighted by Crippen LogP contribution is 2.15. The molecule has 0 radical (unpaired) electrons. The van der Waals surface area contributed by atoms with E-state index in [9.17, 15) is 0 Å². The Balaban J connectivity index is 2.06. The molecular formula is C19H32O3. The lowest BCUT2D eigenvalue weighted by Gasteiger charge is -2.07. The topological polar surface area (TPSA) is 38.7 Å². The monoisotopic (exact) mass is 314 g/mol. The highest BCUT2D eigenvalue weighted by molar-refractivity contribution is 5.27. The van der Waals surface area contributed by atoms with Crippen molar-refractivity contribution in [3.63, 3.8) is 0 Å². The minimum Gasteiger partial charge on any atom is -0.491 e. The number of rotatable bonds is 14. The van der Waals surface area contributed by atoms with E-state index in [0.717, 1.165) is 12.2 Å². The van der Waals surface area contributed by atoms with Crippen LogP contribution >= 0.6 is 0 Å². The average Bonchev–Trinajstić information content (AvgIpc) is 2.55. The van der Waals surface area contributed by atoms with Gasteiger partial charge in [-0.05, 0) is 30.5 Å². The highest BCUT2D eigenvalue weighted by atomic mass is 16.6. The van der Waals surface area contributed by atoms with Crippen LogP contribution in [0.15, 0.2) is 24.3 Å². The summed E-state index contributed by atoms with van der Waals surface area (Å²) in [5.41, 5.74) is 1.39. The molecule has 0 saturated heterocycles. The molecule has 1 aromatic rings. The normalized spacial score (nSPS) is 10.8. The molecule has 0 spiro atoms. The number of aryl methyl sites for hydroxylation is 1. The van der Waals surface area contributed by atoms with Gasteiger partial charge in [-0.2, -0.15) is 0 Å². The summed E-state index contributed by atoms with van der Waals surface area (Å²) in [5.74, 6) is 0.885. The summed E-state index contributed by atoms with van der Waals surface area (Å²) >= 11 is 0. The molecule has 0 amide bonds. The van der Waals surface area contributed by atoms with Gasteiger partial charge in [-0.3, -0.25) is 0 Å². The Morgan fingerprint density at radius 1 is 0.818 bits per heavy atom. The van der Waals surface area contributed by atoms with Gasteiger partial charge in [-0.1, -0.05) is 57.6 Å². The molecule has 22 heavy (non-hydrogen) atoms. The average molecular weight is 314 g/mol. The van der Waals surface area contributed by atoms with E-state index in [0.29, 0.717) is 19.8 Å². The molecule has 0 unspecified atom stereocenters. The van der Waals surface area contributed by atoms with Crippen molar-refractivity contribution in [3.05, 3.63) is 29.8 Å². The zero-order valence-electron chi connectivity index (χ0n) is 14.1. The van der Waals surface area contributed by atoms with Crippen LogP contribution < -0.4 is 4.74 Å². The van der Waals surface area contributed by atoms with Crippen molar-refractivity contribution in [2.24, 2.45) is 0 Å². The smallest absolute Gasteiger partial charge is 0.119 e. The first-order chi connectivity index (χ1) is 10.9. The Morgan fingerprint density at radius 3 is 2.18 bits per heavy atom. The predicted molar refractivity (Wildman–Crippen MR) is 91.5 cm³/mol.